The van der Waals surface area contributed by atoms with Crippen molar-refractivity contribution in [2.45, 2.75) is 6.92 Å². The highest BCUT2D eigenvalue weighted by molar-refractivity contribution is 7.21. The van der Waals surface area contributed by atoms with Gasteiger partial charge in [0.05, 0.1) is 16.3 Å². The average molecular weight is 359 g/mol. The van der Waals surface area contributed by atoms with Gasteiger partial charge in [-0.1, -0.05) is 29.4 Å². The molecule has 0 aliphatic rings. The Kier molecular flexibility index (Phi) is 3.39. The van der Waals surface area contributed by atoms with Gasteiger partial charge in [-0.25, -0.2) is 4.68 Å². The quantitative estimate of drug-likeness (QED) is 0.474. The van der Waals surface area contributed by atoms with E-state index in [1.165, 1.54) is 0 Å². The van der Waals surface area contributed by atoms with Crippen molar-refractivity contribution in [3.05, 3.63) is 66.5 Å². The van der Waals surface area contributed by atoms with Crippen LogP contribution in [0.5, 0.6) is 0 Å². The molecule has 7 heteroatoms. The van der Waals surface area contributed by atoms with Crippen molar-refractivity contribution in [1.29, 1.82) is 0 Å². The van der Waals surface area contributed by atoms with Crippen LogP contribution in [0.3, 0.4) is 0 Å². The normalized spacial score (nSPS) is 11.3. The minimum Gasteiger partial charge on any atom is -0.332 e. The summed E-state index contributed by atoms with van der Waals surface area (Å²) in [7, 11) is 0. The number of aryl methyl sites for hydroxylation is 1. The second kappa shape index (κ2) is 5.89. The second-order valence-corrected chi connectivity index (χ2v) is 6.83. The maximum Gasteiger partial charge on any atom is 0.276 e. The third kappa shape index (κ3) is 2.41. The van der Waals surface area contributed by atoms with Crippen molar-refractivity contribution >= 4 is 21.6 Å². The monoisotopic (exact) mass is 359 g/mol. The first-order chi connectivity index (χ1) is 12.8. The van der Waals surface area contributed by atoms with E-state index in [4.69, 9.17) is 4.52 Å². The lowest BCUT2D eigenvalue weighted by Crippen LogP contribution is -1.94. The van der Waals surface area contributed by atoms with Gasteiger partial charge >= 0.3 is 0 Å². The largest absolute Gasteiger partial charge is 0.332 e. The average Bonchev–Trinajstić information content (AvgIpc) is 3.39. The van der Waals surface area contributed by atoms with Crippen molar-refractivity contribution in [1.82, 2.24) is 24.9 Å². The maximum atomic E-state index is 5.38. The molecule has 4 aromatic heterocycles. The first kappa shape index (κ1) is 15.0. The molecule has 0 amide bonds. The maximum absolute atomic E-state index is 5.38. The summed E-state index contributed by atoms with van der Waals surface area (Å²) < 4.78 is 7.34. The molecule has 6 nitrogen and oxygen atoms in total. The number of rotatable bonds is 3. The summed E-state index contributed by atoms with van der Waals surface area (Å²) in [5, 5.41) is 9.88. The molecule has 0 aliphatic carbocycles. The van der Waals surface area contributed by atoms with E-state index in [1.807, 2.05) is 60.1 Å². The number of benzene rings is 1. The lowest BCUT2D eigenvalue weighted by molar-refractivity contribution is 0.431. The van der Waals surface area contributed by atoms with Crippen molar-refractivity contribution in [3.8, 4) is 28.0 Å². The third-order valence-electron chi connectivity index (χ3n) is 4.08. The van der Waals surface area contributed by atoms with Gasteiger partial charge in [0.1, 0.15) is 10.5 Å². The van der Waals surface area contributed by atoms with Crippen LogP contribution < -0.4 is 0 Å². The van der Waals surface area contributed by atoms with Gasteiger partial charge in [0.15, 0.2) is 0 Å². The van der Waals surface area contributed by atoms with Crippen LogP contribution >= 0.6 is 11.3 Å². The molecule has 0 atom stereocenters. The van der Waals surface area contributed by atoms with Crippen molar-refractivity contribution in [2.75, 3.05) is 0 Å². The fraction of sp³-hybridized carbons (Fsp3) is 0.0526. The first-order valence-electron chi connectivity index (χ1n) is 8.10. The highest BCUT2D eigenvalue weighted by atomic mass is 32.1. The Labute approximate surface area is 152 Å². The molecule has 4 heterocycles. The third-order valence-corrected chi connectivity index (χ3v) is 5.18. The minimum atomic E-state index is 0.416. The first-order valence-corrected chi connectivity index (χ1v) is 8.91. The molecule has 0 spiro atoms. The van der Waals surface area contributed by atoms with Gasteiger partial charge in [-0.05, 0) is 37.3 Å². The van der Waals surface area contributed by atoms with Crippen LogP contribution in [0.2, 0.25) is 0 Å². The van der Waals surface area contributed by atoms with E-state index < -0.39 is 0 Å². The van der Waals surface area contributed by atoms with E-state index in [2.05, 4.69) is 26.3 Å². The topological polar surface area (TPSA) is 69.6 Å². The standard InChI is InChI=1S/C19H13N5OS/c1-12-14-11-16(17-21-18(25-23-17)15-9-5-6-10-20-15)26-19(14)24(22-12)13-7-3-2-4-8-13/h2-11H,1H3. The predicted octanol–water partition coefficient (Wildman–Crippen LogP) is 4.51. The summed E-state index contributed by atoms with van der Waals surface area (Å²) >= 11 is 1.60. The number of aromatic nitrogens is 5. The molecule has 0 saturated carbocycles. The summed E-state index contributed by atoms with van der Waals surface area (Å²) in [6.45, 7) is 2.01. The molecule has 0 saturated heterocycles. The lowest BCUT2D eigenvalue weighted by Gasteiger charge is -2.00. The summed E-state index contributed by atoms with van der Waals surface area (Å²) in [6.07, 6.45) is 1.70. The molecule has 0 radical (unpaired) electrons. The van der Waals surface area contributed by atoms with Gasteiger partial charge in [0.2, 0.25) is 5.82 Å². The lowest BCUT2D eigenvalue weighted by atomic mass is 10.3. The summed E-state index contributed by atoms with van der Waals surface area (Å²) in [5.41, 5.74) is 2.67. The summed E-state index contributed by atoms with van der Waals surface area (Å²) in [5.74, 6) is 0.977. The Balaban J connectivity index is 1.60. The van der Waals surface area contributed by atoms with Crippen LogP contribution in [0.25, 0.3) is 38.2 Å². The SMILES string of the molecule is Cc1nn(-c2ccccc2)c2sc(-c3noc(-c4ccccn4)n3)cc12. The summed E-state index contributed by atoms with van der Waals surface area (Å²) in [6, 6.07) is 17.7. The van der Waals surface area contributed by atoms with Crippen LogP contribution in [-0.2, 0) is 0 Å². The molecule has 5 rings (SSSR count). The number of para-hydroxylation sites is 1. The highest BCUT2D eigenvalue weighted by Crippen LogP contribution is 2.35. The Hall–Kier alpha value is -3.32. The Morgan fingerprint density at radius 1 is 1.04 bits per heavy atom. The number of hydrogen-bond acceptors (Lipinski definition) is 6. The molecular formula is C19H13N5OS. The van der Waals surface area contributed by atoms with Crippen molar-refractivity contribution in [2.24, 2.45) is 0 Å². The van der Waals surface area contributed by atoms with Gasteiger partial charge < -0.3 is 4.52 Å². The van der Waals surface area contributed by atoms with Gasteiger partial charge in [0, 0.05) is 11.6 Å². The molecule has 0 fully saturated rings. The summed E-state index contributed by atoms with van der Waals surface area (Å²) in [4.78, 5) is 10.8. The van der Waals surface area contributed by atoms with E-state index in [-0.39, 0.29) is 0 Å². The molecule has 1 aromatic carbocycles. The number of nitrogens with zero attached hydrogens (tertiary/aromatic N) is 5. The van der Waals surface area contributed by atoms with Crippen LogP contribution in [0, 0.1) is 6.92 Å². The van der Waals surface area contributed by atoms with E-state index in [1.54, 1.807) is 17.5 Å². The molecule has 26 heavy (non-hydrogen) atoms. The predicted molar refractivity (Wildman–Crippen MR) is 100 cm³/mol. The van der Waals surface area contributed by atoms with Crippen molar-refractivity contribution in [3.63, 3.8) is 0 Å². The van der Waals surface area contributed by atoms with Crippen LogP contribution in [0.15, 0.2) is 65.3 Å². The Bertz CT molecular complexity index is 1190. The molecule has 5 aromatic rings. The number of fused-ring (bicyclic) bond motifs is 1. The number of thiophene rings is 1. The van der Waals surface area contributed by atoms with Gasteiger partial charge in [0.25, 0.3) is 5.89 Å². The Morgan fingerprint density at radius 2 is 1.88 bits per heavy atom. The zero-order valence-corrected chi connectivity index (χ0v) is 14.6. The molecular weight excluding hydrogens is 346 g/mol. The van der Waals surface area contributed by atoms with E-state index in [0.717, 1.165) is 26.5 Å². The molecule has 0 N–H and O–H groups in total. The van der Waals surface area contributed by atoms with Gasteiger partial charge in [-0.2, -0.15) is 10.1 Å². The molecule has 0 aliphatic heterocycles. The number of hydrogen-bond donors (Lipinski definition) is 0. The van der Waals surface area contributed by atoms with Gasteiger partial charge in [-0.15, -0.1) is 11.3 Å². The zero-order valence-electron chi connectivity index (χ0n) is 13.8. The smallest absolute Gasteiger partial charge is 0.276 e. The van der Waals surface area contributed by atoms with Gasteiger partial charge in [-0.3, -0.25) is 4.98 Å². The number of pyridine rings is 1. The molecule has 0 bridgehead atoms. The fourth-order valence-corrected chi connectivity index (χ4v) is 3.93. The highest BCUT2D eigenvalue weighted by Gasteiger charge is 2.18. The fourth-order valence-electron chi connectivity index (χ4n) is 2.82. The molecule has 0 unspecified atom stereocenters. The van der Waals surface area contributed by atoms with Crippen LogP contribution in [0.4, 0.5) is 0 Å². The van der Waals surface area contributed by atoms with E-state index in [9.17, 15) is 0 Å². The van der Waals surface area contributed by atoms with E-state index in [0.29, 0.717) is 17.4 Å². The van der Waals surface area contributed by atoms with E-state index >= 15 is 0 Å². The van der Waals surface area contributed by atoms with Crippen LogP contribution in [-0.4, -0.2) is 24.9 Å². The van der Waals surface area contributed by atoms with Crippen molar-refractivity contribution < 1.29 is 4.52 Å². The minimum absolute atomic E-state index is 0.416. The Morgan fingerprint density at radius 3 is 2.69 bits per heavy atom. The second-order valence-electron chi connectivity index (χ2n) is 5.80. The zero-order chi connectivity index (χ0) is 17.5. The molecule has 126 valence electrons. The van der Waals surface area contributed by atoms with Crippen LogP contribution in [0.1, 0.15) is 5.69 Å².